The van der Waals surface area contributed by atoms with E-state index in [2.05, 4.69) is 32.7 Å². The van der Waals surface area contributed by atoms with Gasteiger partial charge < -0.3 is 5.11 Å². The largest absolute Gasteiger partial charge is 0.388 e. The van der Waals surface area contributed by atoms with Crippen LogP contribution in [-0.4, -0.2) is 34.7 Å². The standard InChI is InChI=1S/C9H19NO/c1-7(2)10(4)8(3)9(11)5-6-9/h7-8,11H,5-6H2,1-4H3/t8-/m1/s1. The van der Waals surface area contributed by atoms with Crippen molar-refractivity contribution >= 4 is 0 Å². The normalized spacial score (nSPS) is 24.3. The number of rotatable bonds is 3. The summed E-state index contributed by atoms with van der Waals surface area (Å²) in [6, 6.07) is 0.831. The Morgan fingerprint density at radius 2 is 1.73 bits per heavy atom. The van der Waals surface area contributed by atoms with Crippen molar-refractivity contribution in [3.8, 4) is 0 Å². The van der Waals surface area contributed by atoms with Crippen molar-refractivity contribution in [1.82, 2.24) is 4.90 Å². The first kappa shape index (κ1) is 9.01. The third-order valence-electron chi connectivity index (χ3n) is 2.97. The van der Waals surface area contributed by atoms with Crippen LogP contribution in [0.25, 0.3) is 0 Å². The van der Waals surface area contributed by atoms with Gasteiger partial charge in [-0.3, -0.25) is 4.90 Å². The molecule has 2 nitrogen and oxygen atoms in total. The molecule has 66 valence electrons. The lowest BCUT2D eigenvalue weighted by molar-refractivity contribution is 0.0379. The lowest BCUT2D eigenvalue weighted by Gasteiger charge is -2.32. The van der Waals surface area contributed by atoms with E-state index in [4.69, 9.17) is 0 Å². The second kappa shape index (κ2) is 2.76. The van der Waals surface area contributed by atoms with Gasteiger partial charge in [-0.2, -0.15) is 0 Å². The minimum absolute atomic E-state index is 0.308. The average Bonchev–Trinajstić information content (AvgIpc) is 2.66. The van der Waals surface area contributed by atoms with Gasteiger partial charge in [-0.25, -0.2) is 0 Å². The Balaban J connectivity index is 2.46. The number of nitrogens with zero attached hydrogens (tertiary/aromatic N) is 1. The molecule has 0 unspecified atom stereocenters. The van der Waals surface area contributed by atoms with Gasteiger partial charge >= 0.3 is 0 Å². The van der Waals surface area contributed by atoms with Gasteiger partial charge in [-0.15, -0.1) is 0 Å². The highest BCUT2D eigenvalue weighted by molar-refractivity contribution is 5.02. The molecule has 0 aliphatic heterocycles. The Morgan fingerprint density at radius 1 is 1.27 bits per heavy atom. The zero-order valence-corrected chi connectivity index (χ0v) is 7.96. The Hall–Kier alpha value is -0.0800. The zero-order valence-electron chi connectivity index (χ0n) is 7.96. The lowest BCUT2D eigenvalue weighted by atomic mass is 10.1. The molecule has 2 heteroatoms. The lowest BCUT2D eigenvalue weighted by Crippen LogP contribution is -2.44. The molecule has 0 aromatic rings. The van der Waals surface area contributed by atoms with E-state index in [0.717, 1.165) is 12.8 Å². The summed E-state index contributed by atoms with van der Waals surface area (Å²) < 4.78 is 0. The third-order valence-corrected chi connectivity index (χ3v) is 2.97. The predicted molar refractivity (Wildman–Crippen MR) is 46.5 cm³/mol. The number of hydrogen-bond donors (Lipinski definition) is 1. The highest BCUT2D eigenvalue weighted by Gasteiger charge is 2.47. The fraction of sp³-hybridized carbons (Fsp3) is 1.00. The molecule has 1 rings (SSSR count). The Kier molecular flexibility index (Phi) is 2.26. The van der Waals surface area contributed by atoms with Crippen LogP contribution in [0.5, 0.6) is 0 Å². The van der Waals surface area contributed by atoms with Gasteiger partial charge in [-0.1, -0.05) is 0 Å². The van der Waals surface area contributed by atoms with Crippen LogP contribution >= 0.6 is 0 Å². The molecule has 0 heterocycles. The maximum absolute atomic E-state index is 9.77. The van der Waals surface area contributed by atoms with E-state index in [0.29, 0.717) is 12.1 Å². The SMILES string of the molecule is CC(C)N(C)[C@H](C)C1(O)CC1. The topological polar surface area (TPSA) is 23.5 Å². The van der Waals surface area contributed by atoms with Crippen molar-refractivity contribution in [3.63, 3.8) is 0 Å². The summed E-state index contributed by atoms with van der Waals surface area (Å²) in [5.74, 6) is 0. The molecule has 1 atom stereocenters. The molecule has 1 aliphatic rings. The quantitative estimate of drug-likeness (QED) is 0.666. The van der Waals surface area contributed by atoms with Crippen LogP contribution in [-0.2, 0) is 0 Å². The van der Waals surface area contributed by atoms with E-state index < -0.39 is 0 Å². The second-order valence-corrected chi connectivity index (χ2v) is 4.04. The van der Waals surface area contributed by atoms with Gasteiger partial charge in [-0.05, 0) is 40.7 Å². The summed E-state index contributed by atoms with van der Waals surface area (Å²) in [6.07, 6.45) is 1.95. The van der Waals surface area contributed by atoms with Crippen LogP contribution < -0.4 is 0 Å². The number of aliphatic hydroxyl groups is 1. The molecule has 0 radical (unpaired) electrons. The maximum Gasteiger partial charge on any atom is 0.0801 e. The van der Waals surface area contributed by atoms with E-state index in [1.165, 1.54) is 0 Å². The summed E-state index contributed by atoms with van der Waals surface area (Å²) in [7, 11) is 2.08. The predicted octanol–water partition coefficient (Wildman–Crippen LogP) is 1.24. The first-order chi connectivity index (χ1) is 4.97. The minimum atomic E-state index is -0.362. The summed E-state index contributed by atoms with van der Waals surface area (Å²) >= 11 is 0. The fourth-order valence-electron chi connectivity index (χ4n) is 1.37. The van der Waals surface area contributed by atoms with Crippen LogP contribution in [0.1, 0.15) is 33.6 Å². The highest BCUT2D eigenvalue weighted by atomic mass is 16.3. The van der Waals surface area contributed by atoms with Crippen LogP contribution in [0, 0.1) is 0 Å². The monoisotopic (exact) mass is 157 g/mol. The smallest absolute Gasteiger partial charge is 0.0801 e. The molecule has 1 aliphatic carbocycles. The van der Waals surface area contributed by atoms with E-state index >= 15 is 0 Å². The second-order valence-electron chi connectivity index (χ2n) is 4.04. The minimum Gasteiger partial charge on any atom is -0.388 e. The molecule has 0 saturated heterocycles. The molecule has 0 amide bonds. The van der Waals surface area contributed by atoms with Crippen LogP contribution in [0.4, 0.5) is 0 Å². The Morgan fingerprint density at radius 3 is 2.00 bits per heavy atom. The Bertz CT molecular complexity index is 140. The molecule has 1 saturated carbocycles. The molecule has 11 heavy (non-hydrogen) atoms. The summed E-state index contributed by atoms with van der Waals surface area (Å²) in [5.41, 5.74) is -0.362. The van der Waals surface area contributed by atoms with Crippen LogP contribution in [0.2, 0.25) is 0 Å². The van der Waals surface area contributed by atoms with Crippen molar-refractivity contribution in [2.45, 2.75) is 51.3 Å². The zero-order chi connectivity index (χ0) is 8.65. The molecular weight excluding hydrogens is 138 g/mol. The van der Waals surface area contributed by atoms with E-state index in [1.54, 1.807) is 0 Å². The molecule has 0 aromatic carbocycles. The first-order valence-electron chi connectivity index (χ1n) is 4.42. The summed E-state index contributed by atoms with van der Waals surface area (Å²) in [5, 5.41) is 9.77. The molecule has 0 aromatic heterocycles. The first-order valence-corrected chi connectivity index (χ1v) is 4.42. The number of hydrogen-bond acceptors (Lipinski definition) is 2. The van der Waals surface area contributed by atoms with Crippen molar-refractivity contribution in [1.29, 1.82) is 0 Å². The van der Waals surface area contributed by atoms with E-state index in [-0.39, 0.29) is 5.60 Å². The van der Waals surface area contributed by atoms with Crippen molar-refractivity contribution in [3.05, 3.63) is 0 Å². The number of likely N-dealkylation sites (N-methyl/N-ethyl adjacent to an activating group) is 1. The van der Waals surface area contributed by atoms with Crippen molar-refractivity contribution in [2.24, 2.45) is 0 Å². The molecule has 1 fully saturated rings. The van der Waals surface area contributed by atoms with Gasteiger partial charge in [0, 0.05) is 12.1 Å². The Labute approximate surface area is 69.2 Å². The van der Waals surface area contributed by atoms with Gasteiger partial charge in [0.2, 0.25) is 0 Å². The van der Waals surface area contributed by atoms with Gasteiger partial charge in [0.05, 0.1) is 5.60 Å². The molecule has 1 N–H and O–H groups in total. The van der Waals surface area contributed by atoms with Crippen LogP contribution in [0.15, 0.2) is 0 Å². The summed E-state index contributed by atoms with van der Waals surface area (Å²) in [4.78, 5) is 2.23. The van der Waals surface area contributed by atoms with Crippen LogP contribution in [0.3, 0.4) is 0 Å². The van der Waals surface area contributed by atoms with Gasteiger partial charge in [0.1, 0.15) is 0 Å². The van der Waals surface area contributed by atoms with E-state index in [9.17, 15) is 5.11 Å². The summed E-state index contributed by atoms with van der Waals surface area (Å²) in [6.45, 7) is 6.41. The highest BCUT2D eigenvalue weighted by Crippen LogP contribution is 2.40. The molecule has 0 spiro atoms. The molecule has 0 bridgehead atoms. The van der Waals surface area contributed by atoms with Crippen molar-refractivity contribution < 1.29 is 5.11 Å². The maximum atomic E-state index is 9.77. The fourth-order valence-corrected chi connectivity index (χ4v) is 1.37. The van der Waals surface area contributed by atoms with Gasteiger partial charge in [0.25, 0.3) is 0 Å². The third kappa shape index (κ3) is 1.74. The van der Waals surface area contributed by atoms with E-state index in [1.807, 2.05) is 0 Å². The average molecular weight is 157 g/mol. The van der Waals surface area contributed by atoms with Crippen molar-refractivity contribution in [2.75, 3.05) is 7.05 Å². The van der Waals surface area contributed by atoms with Gasteiger partial charge in [0.15, 0.2) is 0 Å². The molecular formula is C9H19NO.